The number of benzene rings is 1. The molecule has 0 bridgehead atoms. The molecule has 0 aliphatic carbocycles. The number of hydrogen-bond donors (Lipinski definition) is 0. The molecule has 0 saturated carbocycles. The fourth-order valence-corrected chi connectivity index (χ4v) is 3.62. The number of hydrogen-bond acceptors (Lipinski definition) is 2. The highest BCUT2D eigenvalue weighted by Crippen LogP contribution is 2.39. The molecule has 1 saturated heterocycles. The Labute approximate surface area is 113 Å². The molecular formula is C13H14BrFOS. The van der Waals surface area contributed by atoms with Gasteiger partial charge in [0.2, 0.25) is 0 Å². The Morgan fingerprint density at radius 3 is 2.94 bits per heavy atom. The van der Waals surface area contributed by atoms with E-state index in [-0.39, 0.29) is 22.8 Å². The van der Waals surface area contributed by atoms with Gasteiger partial charge >= 0.3 is 0 Å². The van der Waals surface area contributed by atoms with Gasteiger partial charge in [0.15, 0.2) is 5.78 Å². The molecule has 1 aliphatic rings. The number of thioether (sulfide) groups is 1. The Morgan fingerprint density at radius 1 is 1.59 bits per heavy atom. The van der Waals surface area contributed by atoms with Crippen molar-refractivity contribution in [2.45, 2.75) is 30.9 Å². The summed E-state index contributed by atoms with van der Waals surface area (Å²) in [4.78, 5) is 12.2. The molecule has 2 rings (SSSR count). The molecule has 1 fully saturated rings. The fraction of sp³-hybridized carbons (Fsp3) is 0.462. The standard InChI is InChI=1S/C13H14BrFOS/c1-13(5-2-6-17-13)12(16)7-9-3-4-10(14)8-11(9)15/h3-4,8H,2,5-7H2,1H3. The summed E-state index contributed by atoms with van der Waals surface area (Å²) in [5, 5.41) is 0. The first kappa shape index (κ1) is 13.1. The van der Waals surface area contributed by atoms with E-state index in [1.54, 1.807) is 23.9 Å². The summed E-state index contributed by atoms with van der Waals surface area (Å²) in [6.07, 6.45) is 2.19. The van der Waals surface area contributed by atoms with Crippen LogP contribution in [0.2, 0.25) is 0 Å². The zero-order chi connectivity index (χ0) is 12.5. The van der Waals surface area contributed by atoms with Crippen molar-refractivity contribution in [3.8, 4) is 0 Å². The van der Waals surface area contributed by atoms with Crippen molar-refractivity contribution in [1.29, 1.82) is 0 Å². The number of halogens is 2. The normalized spacial score (nSPS) is 23.9. The van der Waals surface area contributed by atoms with Crippen molar-refractivity contribution >= 4 is 33.5 Å². The minimum atomic E-state index is -0.306. The maximum absolute atomic E-state index is 13.6. The molecule has 4 heteroatoms. The quantitative estimate of drug-likeness (QED) is 0.839. The second kappa shape index (κ2) is 5.11. The van der Waals surface area contributed by atoms with E-state index in [4.69, 9.17) is 0 Å². The smallest absolute Gasteiger partial charge is 0.153 e. The predicted octanol–water partition coefficient (Wildman–Crippen LogP) is 3.99. The second-order valence-electron chi connectivity index (χ2n) is 4.52. The number of carbonyl (C=O) groups is 1. The van der Waals surface area contributed by atoms with Crippen LogP contribution in [0.3, 0.4) is 0 Å². The second-order valence-corrected chi connectivity index (χ2v) is 7.03. The molecular weight excluding hydrogens is 303 g/mol. The molecule has 1 aliphatic heterocycles. The van der Waals surface area contributed by atoms with Gasteiger partial charge in [0.05, 0.1) is 4.75 Å². The number of ketones is 1. The summed E-state index contributed by atoms with van der Waals surface area (Å²) in [7, 11) is 0. The van der Waals surface area contributed by atoms with E-state index >= 15 is 0 Å². The van der Waals surface area contributed by atoms with Gasteiger partial charge in [-0.05, 0) is 43.2 Å². The van der Waals surface area contributed by atoms with Crippen molar-refractivity contribution in [3.63, 3.8) is 0 Å². The minimum absolute atomic E-state index is 0.140. The van der Waals surface area contributed by atoms with Crippen LogP contribution in [-0.4, -0.2) is 16.3 Å². The lowest BCUT2D eigenvalue weighted by molar-refractivity contribution is -0.120. The highest BCUT2D eigenvalue weighted by atomic mass is 79.9. The Kier molecular flexibility index (Phi) is 3.93. The van der Waals surface area contributed by atoms with Gasteiger partial charge in [0.1, 0.15) is 5.82 Å². The third-order valence-electron chi connectivity index (χ3n) is 3.17. The monoisotopic (exact) mass is 316 g/mol. The lowest BCUT2D eigenvalue weighted by Crippen LogP contribution is -2.30. The molecule has 1 nitrogen and oxygen atoms in total. The largest absolute Gasteiger partial charge is 0.298 e. The van der Waals surface area contributed by atoms with Crippen molar-refractivity contribution in [2.24, 2.45) is 0 Å². The zero-order valence-corrected chi connectivity index (χ0v) is 12.0. The number of Topliss-reactive ketones (excluding diaryl/α,β-unsaturated/α-hetero) is 1. The molecule has 1 heterocycles. The van der Waals surface area contributed by atoms with Crippen LogP contribution in [0.1, 0.15) is 25.3 Å². The summed E-state index contributed by atoms with van der Waals surface area (Å²) < 4.78 is 14.0. The lowest BCUT2D eigenvalue weighted by Gasteiger charge is -2.20. The Bertz CT molecular complexity index is 441. The predicted molar refractivity (Wildman–Crippen MR) is 72.9 cm³/mol. The maximum atomic E-state index is 13.6. The van der Waals surface area contributed by atoms with Crippen LogP contribution in [0.5, 0.6) is 0 Å². The lowest BCUT2D eigenvalue weighted by atomic mass is 9.95. The highest BCUT2D eigenvalue weighted by Gasteiger charge is 2.36. The van der Waals surface area contributed by atoms with Crippen LogP contribution in [0.15, 0.2) is 22.7 Å². The van der Waals surface area contributed by atoms with Gasteiger partial charge in [0, 0.05) is 10.9 Å². The first-order valence-corrected chi connectivity index (χ1v) is 7.40. The molecule has 0 radical (unpaired) electrons. The van der Waals surface area contributed by atoms with Gasteiger partial charge in [-0.1, -0.05) is 22.0 Å². The van der Waals surface area contributed by atoms with E-state index < -0.39 is 0 Å². The molecule has 1 atom stereocenters. The van der Waals surface area contributed by atoms with Crippen LogP contribution in [0, 0.1) is 5.82 Å². The van der Waals surface area contributed by atoms with Gasteiger partial charge < -0.3 is 0 Å². The van der Waals surface area contributed by atoms with E-state index in [1.807, 2.05) is 6.92 Å². The molecule has 0 N–H and O–H groups in total. The van der Waals surface area contributed by atoms with Crippen LogP contribution in [0.25, 0.3) is 0 Å². The van der Waals surface area contributed by atoms with E-state index in [1.165, 1.54) is 6.07 Å². The zero-order valence-electron chi connectivity index (χ0n) is 9.63. The first-order chi connectivity index (χ1) is 8.01. The summed E-state index contributed by atoms with van der Waals surface area (Å²) in [6, 6.07) is 4.86. The summed E-state index contributed by atoms with van der Waals surface area (Å²) in [6.45, 7) is 1.98. The van der Waals surface area contributed by atoms with E-state index in [0.29, 0.717) is 10.0 Å². The van der Waals surface area contributed by atoms with Crippen molar-refractivity contribution < 1.29 is 9.18 Å². The third kappa shape index (κ3) is 2.91. The minimum Gasteiger partial charge on any atom is -0.298 e. The average molecular weight is 317 g/mol. The van der Waals surface area contributed by atoms with Gasteiger partial charge in [-0.3, -0.25) is 4.79 Å². The van der Waals surface area contributed by atoms with E-state index in [0.717, 1.165) is 18.6 Å². The average Bonchev–Trinajstić information content (AvgIpc) is 2.71. The maximum Gasteiger partial charge on any atom is 0.153 e. The SMILES string of the molecule is CC1(C(=O)Cc2ccc(Br)cc2F)CCCS1. The Balaban J connectivity index is 2.13. The van der Waals surface area contributed by atoms with Gasteiger partial charge in [-0.15, -0.1) is 11.8 Å². The highest BCUT2D eigenvalue weighted by molar-refractivity contribution is 9.10. The van der Waals surface area contributed by atoms with Gasteiger partial charge in [-0.25, -0.2) is 4.39 Å². The molecule has 92 valence electrons. The molecule has 1 unspecified atom stereocenters. The summed E-state index contributed by atoms with van der Waals surface area (Å²) in [5.41, 5.74) is 0.493. The summed E-state index contributed by atoms with van der Waals surface area (Å²) in [5.74, 6) is 0.867. The molecule has 1 aromatic carbocycles. The Hall–Kier alpha value is -0.350. The van der Waals surface area contributed by atoms with Crippen LogP contribution >= 0.6 is 27.7 Å². The van der Waals surface area contributed by atoms with Crippen LogP contribution in [-0.2, 0) is 11.2 Å². The molecule has 0 amide bonds. The Morgan fingerprint density at radius 2 is 2.35 bits per heavy atom. The first-order valence-electron chi connectivity index (χ1n) is 5.62. The van der Waals surface area contributed by atoms with E-state index in [2.05, 4.69) is 15.9 Å². The number of rotatable bonds is 3. The van der Waals surface area contributed by atoms with E-state index in [9.17, 15) is 9.18 Å². The van der Waals surface area contributed by atoms with Crippen molar-refractivity contribution in [3.05, 3.63) is 34.1 Å². The van der Waals surface area contributed by atoms with Crippen molar-refractivity contribution in [2.75, 3.05) is 5.75 Å². The molecule has 0 aromatic heterocycles. The third-order valence-corrected chi connectivity index (χ3v) is 5.23. The number of carbonyl (C=O) groups excluding carboxylic acids is 1. The van der Waals surface area contributed by atoms with Gasteiger partial charge in [-0.2, -0.15) is 0 Å². The molecule has 0 spiro atoms. The van der Waals surface area contributed by atoms with Crippen LogP contribution in [0.4, 0.5) is 4.39 Å². The summed E-state index contributed by atoms with van der Waals surface area (Å²) >= 11 is 4.91. The van der Waals surface area contributed by atoms with Crippen molar-refractivity contribution in [1.82, 2.24) is 0 Å². The van der Waals surface area contributed by atoms with Crippen LogP contribution < -0.4 is 0 Å². The topological polar surface area (TPSA) is 17.1 Å². The fourth-order valence-electron chi connectivity index (χ4n) is 2.02. The van der Waals surface area contributed by atoms with Gasteiger partial charge in [0.25, 0.3) is 0 Å². The molecule has 1 aromatic rings. The molecule has 17 heavy (non-hydrogen) atoms.